The Morgan fingerprint density at radius 2 is 2.00 bits per heavy atom. The maximum absolute atomic E-state index is 11.9. The van der Waals surface area contributed by atoms with Gasteiger partial charge in [-0.15, -0.1) is 0 Å². The van der Waals surface area contributed by atoms with Crippen LogP contribution in [0.3, 0.4) is 0 Å². The third-order valence-corrected chi connectivity index (χ3v) is 2.66. The summed E-state index contributed by atoms with van der Waals surface area (Å²) in [5, 5.41) is 11.6. The molecule has 0 atom stereocenters. The molecule has 94 valence electrons. The van der Waals surface area contributed by atoms with Gasteiger partial charge >= 0.3 is 0 Å². The van der Waals surface area contributed by atoms with E-state index in [4.69, 9.17) is 11.0 Å². The minimum absolute atomic E-state index is 0.185. The summed E-state index contributed by atoms with van der Waals surface area (Å²) in [6.45, 7) is 0.378. The second-order valence-electron chi connectivity index (χ2n) is 4.12. The molecule has 4 nitrogen and oxygen atoms in total. The monoisotopic (exact) mass is 251 g/mol. The quantitative estimate of drug-likeness (QED) is 0.819. The number of hydrogen-bond donors (Lipinski definition) is 2. The van der Waals surface area contributed by atoms with Crippen LogP contribution in [0.5, 0.6) is 0 Å². The molecule has 3 N–H and O–H groups in total. The van der Waals surface area contributed by atoms with Gasteiger partial charge in [-0.05, 0) is 35.9 Å². The predicted molar refractivity (Wildman–Crippen MR) is 73.2 cm³/mol. The van der Waals surface area contributed by atoms with Crippen molar-refractivity contribution in [2.24, 2.45) is 0 Å². The minimum Gasteiger partial charge on any atom is -0.399 e. The van der Waals surface area contributed by atoms with Crippen LogP contribution < -0.4 is 11.1 Å². The Morgan fingerprint density at radius 1 is 1.21 bits per heavy atom. The molecule has 1 amide bonds. The fourth-order valence-corrected chi connectivity index (χ4v) is 1.72. The highest BCUT2D eigenvalue weighted by molar-refractivity contribution is 5.94. The van der Waals surface area contributed by atoms with Crippen LogP contribution in [0.25, 0.3) is 0 Å². The molecule has 0 aliphatic carbocycles. The molecule has 0 aliphatic heterocycles. The summed E-state index contributed by atoms with van der Waals surface area (Å²) in [7, 11) is 0. The molecule has 2 aromatic rings. The van der Waals surface area contributed by atoms with Gasteiger partial charge in [-0.25, -0.2) is 0 Å². The molecule has 0 saturated carbocycles. The fourth-order valence-electron chi connectivity index (χ4n) is 1.72. The molecule has 0 heterocycles. The second-order valence-corrected chi connectivity index (χ2v) is 4.12. The second kappa shape index (κ2) is 5.69. The number of nitrogens with one attached hydrogen (secondary N) is 1. The Balaban J connectivity index is 2.02. The molecule has 0 fully saturated rings. The van der Waals surface area contributed by atoms with Crippen LogP contribution in [0.1, 0.15) is 21.5 Å². The first-order valence-electron chi connectivity index (χ1n) is 5.82. The maximum atomic E-state index is 11.9. The van der Waals surface area contributed by atoms with Crippen LogP contribution in [0.15, 0.2) is 48.5 Å². The van der Waals surface area contributed by atoms with Crippen molar-refractivity contribution in [2.75, 3.05) is 5.73 Å². The van der Waals surface area contributed by atoms with Gasteiger partial charge in [-0.1, -0.05) is 18.2 Å². The largest absolute Gasteiger partial charge is 0.399 e. The lowest BCUT2D eigenvalue weighted by Gasteiger charge is -2.06. The van der Waals surface area contributed by atoms with Crippen LogP contribution in [-0.4, -0.2) is 5.91 Å². The molecule has 0 radical (unpaired) electrons. The molecule has 0 aromatic heterocycles. The van der Waals surface area contributed by atoms with Gasteiger partial charge in [-0.2, -0.15) is 5.26 Å². The SMILES string of the molecule is N#Cc1cccc(CNC(=O)c2cccc(N)c2)c1. The summed E-state index contributed by atoms with van der Waals surface area (Å²) in [6.07, 6.45) is 0. The van der Waals surface area contributed by atoms with E-state index in [1.165, 1.54) is 0 Å². The Bertz CT molecular complexity index is 644. The molecule has 0 aliphatic rings. The molecular formula is C15H13N3O. The van der Waals surface area contributed by atoms with Crippen LogP contribution in [0.2, 0.25) is 0 Å². The number of hydrogen-bond acceptors (Lipinski definition) is 3. The highest BCUT2D eigenvalue weighted by atomic mass is 16.1. The van der Waals surface area contributed by atoms with Gasteiger partial charge in [-0.3, -0.25) is 4.79 Å². The Kier molecular flexibility index (Phi) is 3.79. The van der Waals surface area contributed by atoms with E-state index in [9.17, 15) is 4.79 Å². The van der Waals surface area contributed by atoms with Gasteiger partial charge in [0.25, 0.3) is 5.91 Å². The molecule has 4 heteroatoms. The number of nitrogen functional groups attached to an aromatic ring is 1. The van der Waals surface area contributed by atoms with Crippen molar-refractivity contribution in [1.82, 2.24) is 5.32 Å². The zero-order valence-corrected chi connectivity index (χ0v) is 10.3. The summed E-state index contributed by atoms with van der Waals surface area (Å²) >= 11 is 0. The zero-order chi connectivity index (χ0) is 13.7. The van der Waals surface area contributed by atoms with Gasteiger partial charge in [0.2, 0.25) is 0 Å². The van der Waals surface area contributed by atoms with E-state index in [-0.39, 0.29) is 5.91 Å². The van der Waals surface area contributed by atoms with E-state index in [1.807, 2.05) is 6.07 Å². The van der Waals surface area contributed by atoms with Crippen LogP contribution in [0, 0.1) is 11.3 Å². The Labute approximate surface area is 111 Å². The molecule has 0 unspecified atom stereocenters. The lowest BCUT2D eigenvalue weighted by molar-refractivity contribution is 0.0951. The number of rotatable bonds is 3. The van der Waals surface area contributed by atoms with Crippen molar-refractivity contribution in [3.63, 3.8) is 0 Å². The number of amides is 1. The van der Waals surface area contributed by atoms with Crippen molar-refractivity contribution >= 4 is 11.6 Å². The van der Waals surface area contributed by atoms with Crippen molar-refractivity contribution in [2.45, 2.75) is 6.54 Å². The van der Waals surface area contributed by atoms with Gasteiger partial charge in [0.1, 0.15) is 0 Å². The van der Waals surface area contributed by atoms with Gasteiger partial charge in [0, 0.05) is 17.8 Å². The number of anilines is 1. The summed E-state index contributed by atoms with van der Waals surface area (Å²) in [5.41, 5.74) is 8.17. The van der Waals surface area contributed by atoms with Crippen LogP contribution >= 0.6 is 0 Å². The van der Waals surface area contributed by atoms with Gasteiger partial charge < -0.3 is 11.1 Å². The Morgan fingerprint density at radius 3 is 2.74 bits per heavy atom. The van der Waals surface area contributed by atoms with Gasteiger partial charge in [0.15, 0.2) is 0 Å². The first kappa shape index (κ1) is 12.7. The van der Waals surface area contributed by atoms with Crippen molar-refractivity contribution < 1.29 is 4.79 Å². The van der Waals surface area contributed by atoms with Crippen molar-refractivity contribution in [3.8, 4) is 6.07 Å². The van der Waals surface area contributed by atoms with E-state index >= 15 is 0 Å². The van der Waals surface area contributed by atoms with Crippen molar-refractivity contribution in [1.29, 1.82) is 5.26 Å². The average Bonchev–Trinajstić information content (AvgIpc) is 2.45. The smallest absolute Gasteiger partial charge is 0.251 e. The fraction of sp³-hybridized carbons (Fsp3) is 0.0667. The Hall–Kier alpha value is -2.80. The summed E-state index contributed by atoms with van der Waals surface area (Å²) in [6, 6.07) is 16.0. The van der Waals surface area contributed by atoms with Crippen molar-refractivity contribution in [3.05, 3.63) is 65.2 Å². The highest BCUT2D eigenvalue weighted by Gasteiger charge is 2.05. The third kappa shape index (κ3) is 3.33. The third-order valence-electron chi connectivity index (χ3n) is 2.66. The first-order chi connectivity index (χ1) is 9.19. The number of nitriles is 1. The first-order valence-corrected chi connectivity index (χ1v) is 5.82. The van der Waals surface area contributed by atoms with Crippen LogP contribution in [0.4, 0.5) is 5.69 Å². The average molecular weight is 251 g/mol. The lowest BCUT2D eigenvalue weighted by atomic mass is 10.1. The highest BCUT2D eigenvalue weighted by Crippen LogP contribution is 2.07. The molecule has 19 heavy (non-hydrogen) atoms. The van der Waals surface area contributed by atoms with E-state index in [1.54, 1.807) is 42.5 Å². The molecular weight excluding hydrogens is 238 g/mol. The van der Waals surface area contributed by atoms with Crippen LogP contribution in [-0.2, 0) is 6.54 Å². The number of carbonyl (C=O) groups is 1. The number of nitrogens with two attached hydrogens (primary N) is 1. The molecule has 0 bridgehead atoms. The minimum atomic E-state index is -0.185. The maximum Gasteiger partial charge on any atom is 0.251 e. The molecule has 0 saturated heterocycles. The number of nitrogens with zero attached hydrogens (tertiary/aromatic N) is 1. The molecule has 2 rings (SSSR count). The predicted octanol–water partition coefficient (Wildman–Crippen LogP) is 2.07. The van der Waals surface area contributed by atoms with Gasteiger partial charge in [0.05, 0.1) is 11.6 Å². The normalized spacial score (nSPS) is 9.63. The number of carbonyl (C=O) groups excluding carboxylic acids is 1. The molecule has 0 spiro atoms. The summed E-state index contributed by atoms with van der Waals surface area (Å²) in [4.78, 5) is 11.9. The molecule has 2 aromatic carbocycles. The summed E-state index contributed by atoms with van der Waals surface area (Å²) in [5.74, 6) is -0.185. The lowest BCUT2D eigenvalue weighted by Crippen LogP contribution is -2.22. The van der Waals surface area contributed by atoms with E-state index in [0.29, 0.717) is 23.4 Å². The zero-order valence-electron chi connectivity index (χ0n) is 10.3. The van der Waals surface area contributed by atoms with E-state index in [0.717, 1.165) is 5.56 Å². The topological polar surface area (TPSA) is 78.9 Å². The number of benzene rings is 2. The van der Waals surface area contributed by atoms with E-state index < -0.39 is 0 Å². The summed E-state index contributed by atoms with van der Waals surface area (Å²) < 4.78 is 0. The standard InChI is InChI=1S/C15H13N3O/c16-9-11-3-1-4-12(7-11)10-18-15(19)13-5-2-6-14(17)8-13/h1-8H,10,17H2,(H,18,19). The van der Waals surface area contributed by atoms with E-state index in [2.05, 4.69) is 11.4 Å².